The quantitative estimate of drug-likeness (QED) is 0.625. The Labute approximate surface area is 128 Å². The van der Waals surface area contributed by atoms with E-state index in [0.717, 1.165) is 24.2 Å². The fraction of sp³-hybridized carbons (Fsp3) is 0.588. The zero-order valence-electron chi connectivity index (χ0n) is 13.5. The van der Waals surface area contributed by atoms with E-state index in [0.29, 0.717) is 12.6 Å². The lowest BCUT2D eigenvalue weighted by Gasteiger charge is -2.15. The van der Waals surface area contributed by atoms with Crippen molar-refractivity contribution >= 4 is 5.96 Å². The Balaban J connectivity index is 1.84. The highest BCUT2D eigenvalue weighted by molar-refractivity contribution is 5.80. The Kier molecular flexibility index (Phi) is 5.48. The lowest BCUT2D eigenvalue weighted by Crippen LogP contribution is -2.39. The molecular formula is C17H27N3O. The van der Waals surface area contributed by atoms with Crippen LogP contribution < -0.4 is 15.4 Å². The van der Waals surface area contributed by atoms with Crippen LogP contribution in [-0.2, 0) is 0 Å². The zero-order chi connectivity index (χ0) is 15.2. The number of rotatable bonds is 6. The second-order valence-electron chi connectivity index (χ2n) is 5.93. The van der Waals surface area contributed by atoms with E-state index in [-0.39, 0.29) is 6.10 Å². The minimum atomic E-state index is 0.0545. The molecule has 0 amide bonds. The van der Waals surface area contributed by atoms with Crippen LogP contribution in [0.3, 0.4) is 0 Å². The van der Waals surface area contributed by atoms with Crippen molar-refractivity contribution in [1.82, 2.24) is 10.6 Å². The molecule has 1 aliphatic rings. The third-order valence-electron chi connectivity index (χ3n) is 3.61. The van der Waals surface area contributed by atoms with Gasteiger partial charge in [0, 0.05) is 12.6 Å². The van der Waals surface area contributed by atoms with Gasteiger partial charge in [0.15, 0.2) is 5.96 Å². The average Bonchev–Trinajstić information content (AvgIpc) is 3.12. The standard InChI is InChI=1S/C17H27N3O/c1-5-18-17(20-16-10-13(16)3)19-11-14(4)21-15-8-6-7-12(2)9-15/h6-9,13-14,16H,5,10-11H2,1-4H3,(H2,18,19,20). The van der Waals surface area contributed by atoms with Gasteiger partial charge in [-0.25, -0.2) is 4.99 Å². The van der Waals surface area contributed by atoms with Gasteiger partial charge in [0.1, 0.15) is 11.9 Å². The summed E-state index contributed by atoms with van der Waals surface area (Å²) in [7, 11) is 0. The Morgan fingerprint density at radius 2 is 2.24 bits per heavy atom. The molecule has 1 aromatic carbocycles. The van der Waals surface area contributed by atoms with Crippen LogP contribution >= 0.6 is 0 Å². The summed E-state index contributed by atoms with van der Waals surface area (Å²) in [6, 6.07) is 8.70. The molecule has 1 saturated carbocycles. The highest BCUT2D eigenvalue weighted by Gasteiger charge is 2.33. The summed E-state index contributed by atoms with van der Waals surface area (Å²) >= 11 is 0. The molecule has 0 spiro atoms. The summed E-state index contributed by atoms with van der Waals surface area (Å²) in [4.78, 5) is 4.62. The van der Waals surface area contributed by atoms with Crippen LogP contribution in [0.25, 0.3) is 0 Å². The molecule has 4 nitrogen and oxygen atoms in total. The first-order valence-corrected chi connectivity index (χ1v) is 7.86. The van der Waals surface area contributed by atoms with E-state index in [1.165, 1.54) is 12.0 Å². The molecule has 0 aromatic heterocycles. The molecule has 1 aromatic rings. The van der Waals surface area contributed by atoms with Crippen LogP contribution in [0.2, 0.25) is 0 Å². The first-order chi connectivity index (χ1) is 10.1. The maximum absolute atomic E-state index is 5.90. The number of hydrogen-bond acceptors (Lipinski definition) is 2. The van der Waals surface area contributed by atoms with Gasteiger partial charge in [0.25, 0.3) is 0 Å². The van der Waals surface area contributed by atoms with Crippen LogP contribution in [0.5, 0.6) is 5.75 Å². The Morgan fingerprint density at radius 1 is 1.48 bits per heavy atom. The van der Waals surface area contributed by atoms with Crippen molar-refractivity contribution in [3.8, 4) is 5.75 Å². The Morgan fingerprint density at radius 3 is 2.86 bits per heavy atom. The maximum Gasteiger partial charge on any atom is 0.191 e. The molecule has 2 N–H and O–H groups in total. The number of guanidine groups is 1. The first kappa shape index (κ1) is 15.7. The van der Waals surface area contributed by atoms with E-state index in [2.05, 4.69) is 55.5 Å². The van der Waals surface area contributed by atoms with Crippen LogP contribution in [0.4, 0.5) is 0 Å². The zero-order valence-corrected chi connectivity index (χ0v) is 13.5. The second kappa shape index (κ2) is 7.34. The number of nitrogens with one attached hydrogen (secondary N) is 2. The maximum atomic E-state index is 5.90. The van der Waals surface area contributed by atoms with Crippen LogP contribution in [0, 0.1) is 12.8 Å². The molecule has 116 valence electrons. The van der Waals surface area contributed by atoms with Crippen molar-refractivity contribution in [3.63, 3.8) is 0 Å². The van der Waals surface area contributed by atoms with Crippen LogP contribution in [0.15, 0.2) is 29.3 Å². The van der Waals surface area contributed by atoms with E-state index in [1.807, 2.05) is 12.1 Å². The van der Waals surface area contributed by atoms with Gasteiger partial charge in [-0.15, -0.1) is 0 Å². The van der Waals surface area contributed by atoms with Gasteiger partial charge in [-0.05, 0) is 50.8 Å². The predicted molar refractivity (Wildman–Crippen MR) is 88.0 cm³/mol. The van der Waals surface area contributed by atoms with Gasteiger partial charge in [0.2, 0.25) is 0 Å². The van der Waals surface area contributed by atoms with Crippen molar-refractivity contribution in [2.75, 3.05) is 13.1 Å². The number of aliphatic imine (C=N–C) groups is 1. The van der Waals surface area contributed by atoms with Crippen molar-refractivity contribution in [3.05, 3.63) is 29.8 Å². The molecule has 21 heavy (non-hydrogen) atoms. The number of nitrogens with zero attached hydrogens (tertiary/aromatic N) is 1. The molecule has 4 heteroatoms. The summed E-state index contributed by atoms with van der Waals surface area (Å²) in [5.74, 6) is 2.56. The van der Waals surface area contributed by atoms with Crippen LogP contribution in [0.1, 0.15) is 32.8 Å². The van der Waals surface area contributed by atoms with Crippen molar-refractivity contribution < 1.29 is 4.74 Å². The number of ether oxygens (including phenoxy) is 1. The van der Waals surface area contributed by atoms with Gasteiger partial charge in [-0.2, -0.15) is 0 Å². The first-order valence-electron chi connectivity index (χ1n) is 7.86. The van der Waals surface area contributed by atoms with E-state index in [4.69, 9.17) is 4.74 Å². The second-order valence-corrected chi connectivity index (χ2v) is 5.93. The van der Waals surface area contributed by atoms with E-state index >= 15 is 0 Å². The average molecular weight is 289 g/mol. The predicted octanol–water partition coefficient (Wildman–Crippen LogP) is 2.73. The lowest BCUT2D eigenvalue weighted by molar-refractivity contribution is 0.230. The van der Waals surface area contributed by atoms with Gasteiger partial charge >= 0.3 is 0 Å². The summed E-state index contributed by atoms with van der Waals surface area (Å²) in [5.41, 5.74) is 1.21. The molecule has 0 bridgehead atoms. The largest absolute Gasteiger partial charge is 0.489 e. The molecule has 2 rings (SSSR count). The summed E-state index contributed by atoms with van der Waals surface area (Å²) < 4.78 is 5.90. The highest BCUT2D eigenvalue weighted by atomic mass is 16.5. The SMILES string of the molecule is CCNC(=NCC(C)Oc1cccc(C)c1)NC1CC1C. The molecule has 0 heterocycles. The summed E-state index contributed by atoms with van der Waals surface area (Å²) in [6.07, 6.45) is 1.29. The monoisotopic (exact) mass is 289 g/mol. The highest BCUT2D eigenvalue weighted by Crippen LogP contribution is 2.28. The molecule has 1 aliphatic carbocycles. The minimum Gasteiger partial charge on any atom is -0.489 e. The fourth-order valence-corrected chi connectivity index (χ4v) is 2.20. The molecule has 3 unspecified atom stereocenters. The Bertz CT molecular complexity index is 487. The number of hydrogen-bond donors (Lipinski definition) is 2. The molecule has 0 saturated heterocycles. The normalized spacial score (nSPS) is 22.6. The molecular weight excluding hydrogens is 262 g/mol. The fourth-order valence-electron chi connectivity index (χ4n) is 2.20. The van der Waals surface area contributed by atoms with Gasteiger partial charge in [0.05, 0.1) is 6.54 Å². The molecule has 1 fully saturated rings. The number of aryl methyl sites for hydroxylation is 1. The van der Waals surface area contributed by atoms with Crippen molar-refractivity contribution in [2.45, 2.75) is 46.3 Å². The topological polar surface area (TPSA) is 45.7 Å². The minimum absolute atomic E-state index is 0.0545. The van der Waals surface area contributed by atoms with E-state index in [1.54, 1.807) is 0 Å². The lowest BCUT2D eigenvalue weighted by atomic mass is 10.2. The van der Waals surface area contributed by atoms with Crippen LogP contribution in [-0.4, -0.2) is 31.2 Å². The van der Waals surface area contributed by atoms with E-state index < -0.39 is 0 Å². The van der Waals surface area contributed by atoms with E-state index in [9.17, 15) is 0 Å². The van der Waals surface area contributed by atoms with Crippen molar-refractivity contribution in [2.24, 2.45) is 10.9 Å². The molecule has 3 atom stereocenters. The smallest absolute Gasteiger partial charge is 0.191 e. The van der Waals surface area contributed by atoms with Gasteiger partial charge in [-0.1, -0.05) is 19.1 Å². The third-order valence-corrected chi connectivity index (χ3v) is 3.61. The summed E-state index contributed by atoms with van der Waals surface area (Å²) in [5, 5.41) is 6.74. The van der Waals surface area contributed by atoms with Crippen molar-refractivity contribution in [1.29, 1.82) is 0 Å². The molecule has 0 radical (unpaired) electrons. The third kappa shape index (κ3) is 5.29. The van der Waals surface area contributed by atoms with Gasteiger partial charge in [-0.3, -0.25) is 0 Å². The molecule has 0 aliphatic heterocycles. The Hall–Kier alpha value is -1.71. The summed E-state index contributed by atoms with van der Waals surface area (Å²) in [6.45, 7) is 9.98. The number of benzene rings is 1. The van der Waals surface area contributed by atoms with Gasteiger partial charge < -0.3 is 15.4 Å².